The lowest BCUT2D eigenvalue weighted by atomic mass is 10.2. The fourth-order valence-corrected chi connectivity index (χ4v) is 2.07. The molecule has 0 atom stereocenters. The summed E-state index contributed by atoms with van der Waals surface area (Å²) >= 11 is 0. The fourth-order valence-electron chi connectivity index (χ4n) is 2.07. The number of hydrogen-bond donors (Lipinski definition) is 1. The first-order chi connectivity index (χ1) is 12.0. The van der Waals surface area contributed by atoms with Crippen LogP contribution in [0.1, 0.15) is 24.2 Å². The Morgan fingerprint density at radius 3 is 2.36 bits per heavy atom. The van der Waals surface area contributed by atoms with Gasteiger partial charge in [-0.05, 0) is 50.2 Å². The van der Waals surface area contributed by atoms with E-state index in [2.05, 4.69) is 10.1 Å². The van der Waals surface area contributed by atoms with Crippen molar-refractivity contribution in [3.8, 4) is 11.5 Å². The maximum absolute atomic E-state index is 12.1. The molecule has 1 amide bonds. The lowest BCUT2D eigenvalue weighted by Crippen LogP contribution is -2.21. The maximum atomic E-state index is 12.1. The minimum absolute atomic E-state index is 0.00243. The third-order valence-corrected chi connectivity index (χ3v) is 3.17. The van der Waals surface area contributed by atoms with Crippen molar-refractivity contribution in [3.63, 3.8) is 0 Å². The van der Waals surface area contributed by atoms with Crippen molar-refractivity contribution in [3.05, 3.63) is 54.1 Å². The van der Waals surface area contributed by atoms with Crippen LogP contribution >= 0.6 is 0 Å². The first kappa shape index (κ1) is 18.3. The molecular weight excluding hydrogens is 322 g/mol. The molecule has 0 aliphatic carbocycles. The Morgan fingerprint density at radius 1 is 1.04 bits per heavy atom. The Bertz CT molecular complexity index is 725. The van der Waals surface area contributed by atoms with E-state index in [1.165, 1.54) is 7.11 Å². The number of rotatable bonds is 7. The largest absolute Gasteiger partial charge is 0.489 e. The van der Waals surface area contributed by atoms with Crippen molar-refractivity contribution in [2.75, 3.05) is 19.0 Å². The molecule has 2 aromatic rings. The predicted octanol–water partition coefficient (Wildman–Crippen LogP) is 3.28. The normalized spacial score (nSPS) is 10.2. The van der Waals surface area contributed by atoms with E-state index >= 15 is 0 Å². The monoisotopic (exact) mass is 343 g/mol. The highest BCUT2D eigenvalue weighted by Gasteiger charge is 2.10. The number of hydrogen-bond acceptors (Lipinski definition) is 5. The van der Waals surface area contributed by atoms with Crippen LogP contribution in [-0.4, -0.2) is 31.7 Å². The Labute approximate surface area is 146 Å². The highest BCUT2D eigenvalue weighted by Crippen LogP contribution is 2.24. The van der Waals surface area contributed by atoms with E-state index < -0.39 is 5.97 Å². The molecule has 0 saturated heterocycles. The molecule has 132 valence electrons. The van der Waals surface area contributed by atoms with Crippen molar-refractivity contribution < 1.29 is 23.8 Å². The van der Waals surface area contributed by atoms with Crippen molar-refractivity contribution >= 4 is 17.6 Å². The number of nitrogens with one attached hydrogen (secondary N) is 1. The van der Waals surface area contributed by atoms with Gasteiger partial charge < -0.3 is 19.5 Å². The summed E-state index contributed by atoms with van der Waals surface area (Å²) in [5.41, 5.74) is 1.00. The Kier molecular flexibility index (Phi) is 6.39. The van der Waals surface area contributed by atoms with Gasteiger partial charge in [0.05, 0.1) is 24.5 Å². The number of esters is 1. The van der Waals surface area contributed by atoms with Crippen molar-refractivity contribution in [2.45, 2.75) is 20.0 Å². The lowest BCUT2D eigenvalue weighted by molar-refractivity contribution is -0.118. The SMILES string of the molecule is COC(=O)c1ccc(OCC(=O)Nc2ccccc2OC(C)C)cc1. The summed E-state index contributed by atoms with van der Waals surface area (Å²) < 4.78 is 15.7. The maximum Gasteiger partial charge on any atom is 0.337 e. The molecule has 0 aromatic heterocycles. The molecule has 0 spiro atoms. The molecule has 0 aliphatic rings. The second kappa shape index (κ2) is 8.73. The van der Waals surface area contributed by atoms with Gasteiger partial charge in [0.1, 0.15) is 11.5 Å². The second-order valence-corrected chi connectivity index (χ2v) is 5.52. The van der Waals surface area contributed by atoms with Crippen molar-refractivity contribution in [1.82, 2.24) is 0 Å². The number of amides is 1. The van der Waals surface area contributed by atoms with E-state index in [1.807, 2.05) is 26.0 Å². The fraction of sp³-hybridized carbons (Fsp3) is 0.263. The number of methoxy groups -OCH3 is 1. The van der Waals surface area contributed by atoms with Gasteiger partial charge in [-0.2, -0.15) is 0 Å². The van der Waals surface area contributed by atoms with Crippen LogP contribution in [0.3, 0.4) is 0 Å². The molecule has 2 aromatic carbocycles. The van der Waals surface area contributed by atoms with E-state index in [4.69, 9.17) is 9.47 Å². The summed E-state index contributed by atoms with van der Waals surface area (Å²) in [7, 11) is 1.32. The third kappa shape index (κ3) is 5.53. The molecule has 6 heteroatoms. The van der Waals surface area contributed by atoms with Gasteiger partial charge in [-0.3, -0.25) is 4.79 Å². The number of carbonyl (C=O) groups is 2. The standard InChI is InChI=1S/C19H21NO5/c1-13(2)25-17-7-5-4-6-16(17)20-18(21)12-24-15-10-8-14(9-11-15)19(22)23-3/h4-11,13H,12H2,1-3H3,(H,20,21). The quantitative estimate of drug-likeness (QED) is 0.781. The number of carbonyl (C=O) groups excluding carboxylic acids is 2. The van der Waals surface area contributed by atoms with E-state index in [0.717, 1.165) is 0 Å². The summed E-state index contributed by atoms with van der Waals surface area (Å²) in [5.74, 6) is 0.353. The van der Waals surface area contributed by atoms with E-state index in [1.54, 1.807) is 36.4 Å². The molecule has 0 aliphatic heterocycles. The topological polar surface area (TPSA) is 73.9 Å². The molecule has 0 radical (unpaired) electrons. The number of benzene rings is 2. The zero-order chi connectivity index (χ0) is 18.2. The van der Waals surface area contributed by atoms with Crippen LogP contribution in [0.25, 0.3) is 0 Å². The number of para-hydroxylation sites is 2. The van der Waals surface area contributed by atoms with Gasteiger partial charge in [0.15, 0.2) is 6.61 Å². The summed E-state index contributed by atoms with van der Waals surface area (Å²) in [6.07, 6.45) is 0.00243. The van der Waals surface area contributed by atoms with Gasteiger partial charge in [-0.15, -0.1) is 0 Å². The molecule has 6 nitrogen and oxygen atoms in total. The Hall–Kier alpha value is -3.02. The minimum atomic E-state index is -0.425. The zero-order valence-corrected chi connectivity index (χ0v) is 14.4. The molecule has 0 saturated carbocycles. The predicted molar refractivity (Wildman–Crippen MR) is 94.1 cm³/mol. The van der Waals surface area contributed by atoms with Crippen LogP contribution in [0.5, 0.6) is 11.5 Å². The molecule has 0 bridgehead atoms. The van der Waals surface area contributed by atoms with E-state index in [0.29, 0.717) is 22.7 Å². The molecule has 1 N–H and O–H groups in total. The van der Waals surface area contributed by atoms with Crippen LogP contribution in [0.15, 0.2) is 48.5 Å². The van der Waals surface area contributed by atoms with Crippen LogP contribution in [0.2, 0.25) is 0 Å². The van der Waals surface area contributed by atoms with Gasteiger partial charge >= 0.3 is 5.97 Å². The number of anilines is 1. The molecular formula is C19H21NO5. The average molecular weight is 343 g/mol. The first-order valence-electron chi connectivity index (χ1n) is 7.86. The van der Waals surface area contributed by atoms with Crippen LogP contribution in [0, 0.1) is 0 Å². The summed E-state index contributed by atoms with van der Waals surface area (Å²) in [5, 5.41) is 2.76. The molecule has 0 fully saturated rings. The average Bonchev–Trinajstić information content (AvgIpc) is 2.61. The van der Waals surface area contributed by atoms with Crippen LogP contribution in [0.4, 0.5) is 5.69 Å². The lowest BCUT2D eigenvalue weighted by Gasteiger charge is -2.15. The van der Waals surface area contributed by atoms with E-state index in [-0.39, 0.29) is 18.6 Å². The Morgan fingerprint density at radius 2 is 1.72 bits per heavy atom. The smallest absolute Gasteiger partial charge is 0.337 e. The van der Waals surface area contributed by atoms with Crippen molar-refractivity contribution in [2.24, 2.45) is 0 Å². The summed E-state index contributed by atoms with van der Waals surface area (Å²) in [4.78, 5) is 23.4. The third-order valence-electron chi connectivity index (χ3n) is 3.17. The minimum Gasteiger partial charge on any atom is -0.489 e. The van der Waals surface area contributed by atoms with Gasteiger partial charge in [0.25, 0.3) is 5.91 Å². The summed E-state index contributed by atoms with van der Waals surface area (Å²) in [6, 6.07) is 13.6. The van der Waals surface area contributed by atoms with Gasteiger partial charge in [0, 0.05) is 0 Å². The van der Waals surface area contributed by atoms with E-state index in [9.17, 15) is 9.59 Å². The highest BCUT2D eigenvalue weighted by molar-refractivity contribution is 5.93. The van der Waals surface area contributed by atoms with Gasteiger partial charge in [-0.1, -0.05) is 12.1 Å². The molecule has 0 heterocycles. The number of ether oxygens (including phenoxy) is 3. The summed E-state index contributed by atoms with van der Waals surface area (Å²) in [6.45, 7) is 3.67. The molecule has 0 unspecified atom stereocenters. The zero-order valence-electron chi connectivity index (χ0n) is 14.4. The Balaban J connectivity index is 1.92. The van der Waals surface area contributed by atoms with Crippen LogP contribution < -0.4 is 14.8 Å². The van der Waals surface area contributed by atoms with Crippen LogP contribution in [-0.2, 0) is 9.53 Å². The highest BCUT2D eigenvalue weighted by atomic mass is 16.5. The van der Waals surface area contributed by atoms with Gasteiger partial charge in [0.2, 0.25) is 0 Å². The first-order valence-corrected chi connectivity index (χ1v) is 7.86. The second-order valence-electron chi connectivity index (χ2n) is 5.52. The van der Waals surface area contributed by atoms with Gasteiger partial charge in [-0.25, -0.2) is 4.79 Å². The molecule has 25 heavy (non-hydrogen) atoms. The molecule has 2 rings (SSSR count). The van der Waals surface area contributed by atoms with Crippen molar-refractivity contribution in [1.29, 1.82) is 0 Å².